The van der Waals surface area contributed by atoms with Gasteiger partial charge in [-0.05, 0) is 12.1 Å². The van der Waals surface area contributed by atoms with Crippen LogP contribution in [0.3, 0.4) is 0 Å². The second kappa shape index (κ2) is 6.69. The fourth-order valence-electron chi connectivity index (χ4n) is 1.58. The first-order valence-corrected chi connectivity index (χ1v) is 6.18. The number of nitrogens with one attached hydrogen (secondary N) is 1. The van der Waals surface area contributed by atoms with E-state index in [1.807, 2.05) is 5.32 Å². The van der Waals surface area contributed by atoms with Gasteiger partial charge in [-0.1, -0.05) is 0 Å². The zero-order valence-corrected chi connectivity index (χ0v) is 11.4. The van der Waals surface area contributed by atoms with Gasteiger partial charge in [0, 0.05) is 12.1 Å². The minimum atomic E-state index is -1.25. The number of benzene rings is 1. The average Bonchev–Trinajstić information content (AvgIpc) is 2.49. The minimum Gasteiger partial charge on any atom is -0.505 e. The van der Waals surface area contributed by atoms with E-state index in [9.17, 15) is 23.5 Å². The molecule has 0 radical (unpaired) electrons. The number of carboxylic acid groups (broad SMARTS) is 1. The van der Waals surface area contributed by atoms with Gasteiger partial charge in [0.05, 0.1) is 6.20 Å². The molecule has 1 aromatic carbocycles. The van der Waals surface area contributed by atoms with E-state index in [4.69, 9.17) is 9.84 Å². The molecule has 9 heteroatoms. The summed E-state index contributed by atoms with van der Waals surface area (Å²) in [5.41, 5.74) is -0.399. The van der Waals surface area contributed by atoms with E-state index in [0.29, 0.717) is 0 Å². The van der Waals surface area contributed by atoms with Gasteiger partial charge in [-0.25, -0.2) is 13.8 Å². The first-order valence-electron chi connectivity index (χ1n) is 6.18. The highest BCUT2D eigenvalue weighted by Gasteiger charge is 2.15. The molecular formula is C14H10F2N2O5. The summed E-state index contributed by atoms with van der Waals surface area (Å²) in [5.74, 6) is -4.90. The van der Waals surface area contributed by atoms with Crippen molar-refractivity contribution < 1.29 is 33.3 Å². The van der Waals surface area contributed by atoms with Crippen LogP contribution in [0.4, 0.5) is 8.78 Å². The smallest absolute Gasteiger partial charge is 0.322 e. The highest BCUT2D eigenvalue weighted by atomic mass is 19.2. The second-order valence-electron chi connectivity index (χ2n) is 4.29. The summed E-state index contributed by atoms with van der Waals surface area (Å²) in [6.45, 7) is -0.632. The van der Waals surface area contributed by atoms with Crippen molar-refractivity contribution in [3.8, 4) is 17.2 Å². The normalized spacial score (nSPS) is 10.2. The van der Waals surface area contributed by atoms with Crippen molar-refractivity contribution in [3.63, 3.8) is 0 Å². The van der Waals surface area contributed by atoms with Crippen LogP contribution in [0.2, 0.25) is 0 Å². The molecule has 2 aromatic rings. The number of carbonyl (C=O) groups is 2. The molecule has 0 bridgehead atoms. The molecule has 3 N–H and O–H groups in total. The van der Waals surface area contributed by atoms with Crippen LogP contribution in [-0.4, -0.2) is 33.6 Å². The van der Waals surface area contributed by atoms with E-state index in [-0.39, 0.29) is 11.5 Å². The number of aromatic nitrogens is 1. The second-order valence-corrected chi connectivity index (χ2v) is 4.29. The topological polar surface area (TPSA) is 109 Å². The Morgan fingerprint density at radius 1 is 1.17 bits per heavy atom. The third-order valence-corrected chi connectivity index (χ3v) is 2.58. The molecule has 0 aliphatic carbocycles. The molecule has 0 unspecified atom stereocenters. The molecule has 0 fully saturated rings. The number of ether oxygens (including phenoxy) is 1. The van der Waals surface area contributed by atoms with E-state index < -0.39 is 41.5 Å². The monoisotopic (exact) mass is 324 g/mol. The lowest BCUT2D eigenvalue weighted by Crippen LogP contribution is -2.29. The Kier molecular flexibility index (Phi) is 4.69. The van der Waals surface area contributed by atoms with E-state index in [1.54, 1.807) is 0 Å². The predicted octanol–water partition coefficient (Wildman–Crippen LogP) is 1.67. The summed E-state index contributed by atoms with van der Waals surface area (Å²) in [4.78, 5) is 25.6. The number of hydrogen-bond acceptors (Lipinski definition) is 5. The van der Waals surface area contributed by atoms with Gasteiger partial charge in [0.15, 0.2) is 23.1 Å². The van der Waals surface area contributed by atoms with E-state index in [1.165, 1.54) is 6.07 Å². The van der Waals surface area contributed by atoms with E-state index in [0.717, 1.165) is 24.4 Å². The summed E-state index contributed by atoms with van der Waals surface area (Å²) in [7, 11) is 0. The van der Waals surface area contributed by atoms with Gasteiger partial charge < -0.3 is 20.3 Å². The Bertz CT molecular complexity index is 767. The molecule has 23 heavy (non-hydrogen) atoms. The lowest BCUT2D eigenvalue weighted by molar-refractivity contribution is -0.135. The van der Waals surface area contributed by atoms with E-state index in [2.05, 4.69) is 4.98 Å². The Hall–Kier alpha value is -3.23. The zero-order valence-electron chi connectivity index (χ0n) is 11.4. The molecule has 1 amide bonds. The molecule has 0 aliphatic heterocycles. The Labute approximate surface area is 128 Å². The first-order chi connectivity index (χ1) is 10.9. The molecule has 1 heterocycles. The van der Waals surface area contributed by atoms with Crippen LogP contribution in [0.15, 0.2) is 30.5 Å². The summed E-state index contributed by atoms with van der Waals surface area (Å²) in [6, 6.07) is 3.87. The van der Waals surface area contributed by atoms with Crippen molar-refractivity contribution in [2.75, 3.05) is 6.54 Å². The van der Waals surface area contributed by atoms with Crippen molar-refractivity contribution in [2.24, 2.45) is 0 Å². The number of aliphatic carboxylic acids is 1. The molecule has 0 atom stereocenters. The maximum atomic E-state index is 13.1. The standard InChI is InChI=1S/C14H10F2N2O5/c15-9-2-1-7(3-10(9)16)23-8-4-11(19)13(17-5-8)14(22)18-6-12(20)21/h1-5,19H,6H2,(H,18,22)(H,20,21). The number of amides is 1. The Balaban J connectivity index is 2.13. The van der Waals surface area contributed by atoms with Crippen LogP contribution in [0.25, 0.3) is 0 Å². The molecule has 2 rings (SSSR count). The number of rotatable bonds is 5. The number of halogens is 2. The van der Waals surface area contributed by atoms with Gasteiger partial charge in [-0.15, -0.1) is 0 Å². The summed E-state index contributed by atoms with van der Waals surface area (Å²) in [5, 5.41) is 20.2. The number of aromatic hydroxyl groups is 1. The van der Waals surface area contributed by atoms with Crippen LogP contribution in [0, 0.1) is 11.6 Å². The zero-order chi connectivity index (χ0) is 17.0. The SMILES string of the molecule is O=C(O)CNC(=O)c1ncc(Oc2ccc(F)c(F)c2)cc1O. The van der Waals surface area contributed by atoms with Crippen LogP contribution >= 0.6 is 0 Å². The third-order valence-electron chi connectivity index (χ3n) is 2.58. The molecule has 0 aliphatic rings. The number of carbonyl (C=O) groups excluding carboxylic acids is 1. The van der Waals surface area contributed by atoms with Gasteiger partial charge in [-0.2, -0.15) is 0 Å². The van der Waals surface area contributed by atoms with Crippen LogP contribution < -0.4 is 10.1 Å². The van der Waals surface area contributed by atoms with E-state index >= 15 is 0 Å². The molecule has 0 spiro atoms. The van der Waals surface area contributed by atoms with Gasteiger partial charge >= 0.3 is 5.97 Å². The lowest BCUT2D eigenvalue weighted by atomic mass is 10.3. The molecule has 1 aromatic heterocycles. The van der Waals surface area contributed by atoms with Gasteiger partial charge in [-0.3, -0.25) is 9.59 Å². The molecule has 120 valence electrons. The Morgan fingerprint density at radius 3 is 2.52 bits per heavy atom. The first kappa shape index (κ1) is 16.1. The van der Waals surface area contributed by atoms with Gasteiger partial charge in [0.2, 0.25) is 0 Å². The summed E-state index contributed by atoms with van der Waals surface area (Å²) < 4.78 is 31.0. The molecule has 0 saturated carbocycles. The number of pyridine rings is 1. The lowest BCUT2D eigenvalue weighted by Gasteiger charge is -2.08. The fourth-order valence-corrected chi connectivity index (χ4v) is 1.58. The third kappa shape index (κ3) is 4.13. The quantitative estimate of drug-likeness (QED) is 0.772. The van der Waals surface area contributed by atoms with Crippen molar-refractivity contribution in [2.45, 2.75) is 0 Å². The number of nitrogens with zero attached hydrogens (tertiary/aromatic N) is 1. The molecule has 7 nitrogen and oxygen atoms in total. The highest BCUT2D eigenvalue weighted by molar-refractivity contribution is 5.96. The van der Waals surface area contributed by atoms with Crippen LogP contribution in [0.5, 0.6) is 17.2 Å². The minimum absolute atomic E-state index is 0.0247. The summed E-state index contributed by atoms with van der Waals surface area (Å²) >= 11 is 0. The molecular weight excluding hydrogens is 314 g/mol. The number of carboxylic acids is 1. The maximum Gasteiger partial charge on any atom is 0.322 e. The van der Waals surface area contributed by atoms with Gasteiger partial charge in [0.25, 0.3) is 5.91 Å². The van der Waals surface area contributed by atoms with Gasteiger partial charge in [0.1, 0.15) is 18.0 Å². The largest absolute Gasteiger partial charge is 0.505 e. The van der Waals surface area contributed by atoms with Crippen LogP contribution in [0.1, 0.15) is 10.5 Å². The van der Waals surface area contributed by atoms with Crippen molar-refractivity contribution >= 4 is 11.9 Å². The van der Waals surface area contributed by atoms with Crippen molar-refractivity contribution in [3.05, 3.63) is 47.8 Å². The molecule has 0 saturated heterocycles. The van der Waals surface area contributed by atoms with Crippen LogP contribution in [-0.2, 0) is 4.79 Å². The fraction of sp³-hybridized carbons (Fsp3) is 0.0714. The maximum absolute atomic E-state index is 13.1. The highest BCUT2D eigenvalue weighted by Crippen LogP contribution is 2.26. The average molecular weight is 324 g/mol. The van der Waals surface area contributed by atoms with Crippen molar-refractivity contribution in [1.82, 2.24) is 10.3 Å². The summed E-state index contributed by atoms with van der Waals surface area (Å²) in [6.07, 6.45) is 1.07. The van der Waals surface area contributed by atoms with Crippen molar-refractivity contribution in [1.29, 1.82) is 0 Å². The predicted molar refractivity (Wildman–Crippen MR) is 72.3 cm³/mol. The number of hydrogen-bond donors (Lipinski definition) is 3. The Morgan fingerprint density at radius 2 is 1.91 bits per heavy atom.